The molecule has 0 saturated carbocycles. The van der Waals surface area contributed by atoms with Crippen molar-refractivity contribution in [2.24, 2.45) is 5.41 Å². The lowest BCUT2D eigenvalue weighted by Gasteiger charge is -2.22. The van der Waals surface area contributed by atoms with Crippen molar-refractivity contribution in [2.45, 2.75) is 39.5 Å². The summed E-state index contributed by atoms with van der Waals surface area (Å²) >= 11 is 1.39. The third-order valence-electron chi connectivity index (χ3n) is 4.10. The molecule has 1 aromatic rings. The van der Waals surface area contributed by atoms with Crippen molar-refractivity contribution < 1.29 is 14.7 Å². The number of nitrogens with one attached hydrogen (secondary N) is 1. The van der Waals surface area contributed by atoms with Gasteiger partial charge in [-0.25, -0.2) is 9.78 Å². The van der Waals surface area contributed by atoms with Crippen LogP contribution < -0.4 is 5.32 Å². The number of rotatable bonds is 4. The van der Waals surface area contributed by atoms with E-state index in [1.165, 1.54) is 11.3 Å². The molecule has 0 spiro atoms. The maximum absolute atomic E-state index is 12.2. The number of aliphatic carboxylic acids is 1. The van der Waals surface area contributed by atoms with Gasteiger partial charge in [-0.3, -0.25) is 10.1 Å². The minimum absolute atomic E-state index is 0.257. The Hall–Kier alpha value is -1.63. The predicted molar refractivity (Wildman–Crippen MR) is 81.8 cm³/mol. The Morgan fingerprint density at radius 1 is 1.57 bits per heavy atom. The molecular formula is C14H21N3O3S. The summed E-state index contributed by atoms with van der Waals surface area (Å²) in [5, 5.41) is 14.6. The summed E-state index contributed by atoms with van der Waals surface area (Å²) < 4.78 is 0. The predicted octanol–water partition coefficient (Wildman–Crippen LogP) is 2.99. The second-order valence-electron chi connectivity index (χ2n) is 5.77. The van der Waals surface area contributed by atoms with Crippen LogP contribution in [0.1, 0.15) is 45.2 Å². The van der Waals surface area contributed by atoms with Crippen LogP contribution in [-0.2, 0) is 4.79 Å². The number of nitrogens with zero attached hydrogens (tertiary/aromatic N) is 2. The van der Waals surface area contributed by atoms with Crippen molar-refractivity contribution in [3.05, 3.63) is 11.1 Å². The average Bonchev–Trinajstić information content (AvgIpc) is 3.05. The molecule has 2 amide bonds. The molecule has 1 saturated heterocycles. The van der Waals surface area contributed by atoms with Crippen molar-refractivity contribution in [1.82, 2.24) is 9.88 Å². The zero-order valence-electron chi connectivity index (χ0n) is 12.5. The fourth-order valence-electron chi connectivity index (χ4n) is 2.44. The fraction of sp³-hybridized carbons (Fsp3) is 0.643. The molecule has 2 N–H and O–H groups in total. The molecule has 2 heterocycles. The molecule has 0 aliphatic carbocycles. The first kappa shape index (κ1) is 15.8. The van der Waals surface area contributed by atoms with Crippen molar-refractivity contribution >= 4 is 28.5 Å². The van der Waals surface area contributed by atoms with Crippen molar-refractivity contribution in [1.29, 1.82) is 0 Å². The Labute approximate surface area is 128 Å². The van der Waals surface area contributed by atoms with Gasteiger partial charge in [0.25, 0.3) is 0 Å². The number of carboxylic acid groups (broad SMARTS) is 1. The van der Waals surface area contributed by atoms with E-state index in [1.807, 2.05) is 26.2 Å². The van der Waals surface area contributed by atoms with E-state index in [0.717, 1.165) is 5.69 Å². The molecule has 2 rings (SSSR count). The highest BCUT2D eigenvalue weighted by Gasteiger charge is 2.44. The fourth-order valence-corrected chi connectivity index (χ4v) is 3.30. The normalized spacial score (nSPS) is 21.8. The van der Waals surface area contributed by atoms with E-state index >= 15 is 0 Å². The number of thiazole rings is 1. The molecule has 7 heteroatoms. The van der Waals surface area contributed by atoms with Crippen LogP contribution in [0.5, 0.6) is 0 Å². The summed E-state index contributed by atoms with van der Waals surface area (Å²) in [6, 6.07) is -0.267. The van der Waals surface area contributed by atoms with Gasteiger partial charge in [-0.05, 0) is 18.8 Å². The van der Waals surface area contributed by atoms with Gasteiger partial charge >= 0.3 is 12.0 Å². The van der Waals surface area contributed by atoms with Crippen molar-refractivity contribution in [3.63, 3.8) is 0 Å². The maximum atomic E-state index is 12.2. The largest absolute Gasteiger partial charge is 0.481 e. The highest BCUT2D eigenvalue weighted by molar-refractivity contribution is 7.13. The zero-order chi connectivity index (χ0) is 15.6. The van der Waals surface area contributed by atoms with E-state index < -0.39 is 11.4 Å². The monoisotopic (exact) mass is 311 g/mol. The summed E-state index contributed by atoms with van der Waals surface area (Å²) in [6.45, 7) is 6.67. The lowest BCUT2D eigenvalue weighted by molar-refractivity contribution is -0.148. The van der Waals surface area contributed by atoms with Crippen LogP contribution in [0.4, 0.5) is 9.93 Å². The molecule has 1 fully saturated rings. The third-order valence-corrected chi connectivity index (χ3v) is 4.87. The lowest BCUT2D eigenvalue weighted by Crippen LogP contribution is -2.38. The van der Waals surface area contributed by atoms with Crippen molar-refractivity contribution in [3.8, 4) is 0 Å². The smallest absolute Gasteiger partial charge is 0.323 e. The number of hydrogen-bond donors (Lipinski definition) is 2. The Kier molecular flexibility index (Phi) is 4.51. The molecule has 0 radical (unpaired) electrons. The van der Waals surface area contributed by atoms with Crippen LogP contribution in [0.15, 0.2) is 5.38 Å². The van der Waals surface area contributed by atoms with Gasteiger partial charge in [-0.15, -0.1) is 11.3 Å². The van der Waals surface area contributed by atoms with E-state index in [2.05, 4.69) is 10.3 Å². The zero-order valence-corrected chi connectivity index (χ0v) is 13.4. The van der Waals surface area contributed by atoms with Crippen molar-refractivity contribution in [2.75, 3.05) is 18.4 Å². The Bertz CT molecular complexity index is 543. The first-order valence-corrected chi connectivity index (χ1v) is 8.00. The number of carbonyl (C=O) groups is 2. The first-order chi connectivity index (χ1) is 9.88. The SMILES string of the molecule is CCC1(C(=O)O)CCN(C(=O)Nc2nc(C(C)C)cs2)C1. The second kappa shape index (κ2) is 6.01. The van der Waals surface area contributed by atoms with Crippen LogP contribution in [0, 0.1) is 5.41 Å². The average molecular weight is 311 g/mol. The van der Waals surface area contributed by atoms with Gasteiger partial charge in [0.1, 0.15) is 0 Å². The van der Waals surface area contributed by atoms with Gasteiger partial charge in [0.15, 0.2) is 5.13 Å². The molecule has 1 aliphatic rings. The van der Waals surface area contributed by atoms with Crippen LogP contribution in [0.25, 0.3) is 0 Å². The number of carboxylic acids is 1. The topological polar surface area (TPSA) is 82.5 Å². The molecule has 1 unspecified atom stereocenters. The number of aromatic nitrogens is 1. The third kappa shape index (κ3) is 3.18. The van der Waals surface area contributed by atoms with Gasteiger partial charge in [0.2, 0.25) is 0 Å². The first-order valence-electron chi connectivity index (χ1n) is 7.12. The Morgan fingerprint density at radius 2 is 2.29 bits per heavy atom. The quantitative estimate of drug-likeness (QED) is 0.895. The molecule has 1 atom stereocenters. The molecular weight excluding hydrogens is 290 g/mol. The van der Waals surface area contributed by atoms with E-state index in [-0.39, 0.29) is 12.6 Å². The van der Waals surface area contributed by atoms with E-state index in [4.69, 9.17) is 0 Å². The summed E-state index contributed by atoms with van der Waals surface area (Å²) in [5.74, 6) is -0.505. The number of carbonyl (C=O) groups excluding carboxylic acids is 1. The molecule has 1 aromatic heterocycles. The minimum Gasteiger partial charge on any atom is -0.481 e. The number of urea groups is 1. The molecule has 1 aliphatic heterocycles. The van der Waals surface area contributed by atoms with Gasteiger partial charge in [-0.2, -0.15) is 0 Å². The summed E-state index contributed by atoms with van der Waals surface area (Å²) in [6.07, 6.45) is 1.03. The lowest BCUT2D eigenvalue weighted by atomic mass is 9.84. The van der Waals surface area contributed by atoms with E-state index in [0.29, 0.717) is 30.4 Å². The van der Waals surface area contributed by atoms with Crippen LogP contribution in [0.3, 0.4) is 0 Å². The molecule has 116 valence electrons. The highest BCUT2D eigenvalue weighted by Crippen LogP contribution is 2.34. The minimum atomic E-state index is -0.823. The molecule has 21 heavy (non-hydrogen) atoms. The summed E-state index contributed by atoms with van der Waals surface area (Å²) in [4.78, 5) is 29.5. The van der Waals surface area contributed by atoms with Crippen LogP contribution in [-0.4, -0.2) is 40.1 Å². The number of hydrogen-bond acceptors (Lipinski definition) is 4. The highest BCUT2D eigenvalue weighted by atomic mass is 32.1. The van der Waals surface area contributed by atoms with Gasteiger partial charge in [0, 0.05) is 18.5 Å². The van der Waals surface area contributed by atoms with E-state index in [1.54, 1.807) is 4.90 Å². The Morgan fingerprint density at radius 3 is 2.76 bits per heavy atom. The number of amides is 2. The maximum Gasteiger partial charge on any atom is 0.323 e. The summed E-state index contributed by atoms with van der Waals surface area (Å²) in [7, 11) is 0. The number of likely N-dealkylation sites (tertiary alicyclic amines) is 1. The number of anilines is 1. The van der Waals surface area contributed by atoms with Crippen LogP contribution in [0.2, 0.25) is 0 Å². The second-order valence-corrected chi connectivity index (χ2v) is 6.63. The van der Waals surface area contributed by atoms with E-state index in [9.17, 15) is 14.7 Å². The van der Waals surface area contributed by atoms with Gasteiger partial charge in [0.05, 0.1) is 11.1 Å². The molecule has 6 nitrogen and oxygen atoms in total. The molecule has 0 aromatic carbocycles. The van der Waals surface area contributed by atoms with Gasteiger partial charge < -0.3 is 10.0 Å². The molecule has 0 bridgehead atoms. The Balaban J connectivity index is 2.00. The van der Waals surface area contributed by atoms with Crippen LogP contribution >= 0.6 is 11.3 Å². The van der Waals surface area contributed by atoms with Gasteiger partial charge in [-0.1, -0.05) is 20.8 Å². The summed E-state index contributed by atoms with van der Waals surface area (Å²) in [5.41, 5.74) is 0.147. The standard InChI is InChI=1S/C14H21N3O3S/c1-4-14(11(18)19)5-6-17(8-14)13(20)16-12-15-10(7-21-12)9(2)3/h7,9H,4-6,8H2,1-3H3,(H,18,19)(H,15,16,20).